The topological polar surface area (TPSA) is 70.0 Å². The van der Waals surface area contributed by atoms with Crippen molar-refractivity contribution in [2.75, 3.05) is 13.2 Å². The van der Waals surface area contributed by atoms with Crippen LogP contribution in [0.5, 0.6) is 0 Å². The van der Waals surface area contributed by atoms with Crippen molar-refractivity contribution in [3.05, 3.63) is 25.3 Å². The van der Waals surface area contributed by atoms with E-state index in [0.29, 0.717) is 6.42 Å². The highest BCUT2D eigenvalue weighted by molar-refractivity contribution is 5.69. The number of aliphatic hydroxyl groups is 2. The summed E-state index contributed by atoms with van der Waals surface area (Å²) in [6.45, 7) is 12.3. The number of carbonyl (C=O) groups is 1. The summed E-state index contributed by atoms with van der Waals surface area (Å²) in [5, 5.41) is 18.9. The number of nitrogens with zero attached hydrogens (tertiary/aromatic N) is 1. The first-order valence-electron chi connectivity index (χ1n) is 6.27. The molecule has 0 aliphatic carbocycles. The van der Waals surface area contributed by atoms with Crippen molar-refractivity contribution >= 4 is 6.09 Å². The molecule has 0 saturated heterocycles. The minimum Gasteiger partial charge on any atom is -0.444 e. The number of hydrogen-bond acceptors (Lipinski definition) is 4. The van der Waals surface area contributed by atoms with Crippen molar-refractivity contribution in [2.24, 2.45) is 0 Å². The minimum atomic E-state index is -1.05. The fourth-order valence-corrected chi connectivity index (χ4v) is 1.59. The van der Waals surface area contributed by atoms with E-state index in [2.05, 4.69) is 13.2 Å². The van der Waals surface area contributed by atoms with E-state index in [9.17, 15) is 9.90 Å². The number of amides is 1. The summed E-state index contributed by atoms with van der Waals surface area (Å²) in [5.74, 6) is 0. The fraction of sp³-hybridized carbons (Fsp3) is 0.643. The van der Waals surface area contributed by atoms with Crippen LogP contribution in [0.4, 0.5) is 4.79 Å². The Morgan fingerprint density at radius 3 is 2.32 bits per heavy atom. The molecule has 0 aromatic rings. The molecule has 0 aromatic heterocycles. The SMILES string of the molecule is C=CC[C@@H]([C@H](O)CO)N(CC=C)C(=O)OC(C)(C)C. The van der Waals surface area contributed by atoms with Gasteiger partial charge in [0.25, 0.3) is 0 Å². The third-order valence-electron chi connectivity index (χ3n) is 2.39. The molecule has 110 valence electrons. The Morgan fingerprint density at radius 1 is 1.37 bits per heavy atom. The van der Waals surface area contributed by atoms with Gasteiger partial charge in [0, 0.05) is 6.54 Å². The zero-order valence-electron chi connectivity index (χ0n) is 12.0. The maximum Gasteiger partial charge on any atom is 0.410 e. The average Bonchev–Trinajstić information content (AvgIpc) is 2.30. The van der Waals surface area contributed by atoms with Crippen molar-refractivity contribution in [3.8, 4) is 0 Å². The first-order chi connectivity index (χ1) is 8.76. The van der Waals surface area contributed by atoms with E-state index in [1.165, 1.54) is 4.90 Å². The van der Waals surface area contributed by atoms with Gasteiger partial charge in [-0.1, -0.05) is 12.2 Å². The fourth-order valence-electron chi connectivity index (χ4n) is 1.59. The Bertz CT molecular complexity index is 309. The van der Waals surface area contributed by atoms with E-state index in [-0.39, 0.29) is 6.54 Å². The van der Waals surface area contributed by atoms with Crippen LogP contribution in [-0.2, 0) is 4.74 Å². The monoisotopic (exact) mass is 271 g/mol. The Labute approximate surface area is 115 Å². The highest BCUT2D eigenvalue weighted by Crippen LogP contribution is 2.16. The molecule has 2 atom stereocenters. The van der Waals surface area contributed by atoms with Crippen molar-refractivity contribution in [1.29, 1.82) is 0 Å². The van der Waals surface area contributed by atoms with Gasteiger partial charge in [0.15, 0.2) is 0 Å². The van der Waals surface area contributed by atoms with E-state index in [1.54, 1.807) is 32.9 Å². The quantitative estimate of drug-likeness (QED) is 0.692. The van der Waals surface area contributed by atoms with Gasteiger partial charge in [-0.2, -0.15) is 0 Å². The van der Waals surface area contributed by atoms with Gasteiger partial charge in [0.05, 0.1) is 18.8 Å². The highest BCUT2D eigenvalue weighted by Gasteiger charge is 2.31. The summed E-state index contributed by atoms with van der Waals surface area (Å²) in [4.78, 5) is 13.5. The van der Waals surface area contributed by atoms with Gasteiger partial charge in [-0.3, -0.25) is 4.90 Å². The van der Waals surface area contributed by atoms with Gasteiger partial charge >= 0.3 is 6.09 Å². The number of rotatable bonds is 7. The summed E-state index contributed by atoms with van der Waals surface area (Å²) < 4.78 is 5.29. The van der Waals surface area contributed by atoms with Crippen LogP contribution in [-0.4, -0.2) is 52.1 Å². The molecule has 0 aromatic carbocycles. The second-order valence-electron chi connectivity index (χ2n) is 5.26. The van der Waals surface area contributed by atoms with Crippen LogP contribution in [0, 0.1) is 0 Å². The Hall–Kier alpha value is -1.33. The van der Waals surface area contributed by atoms with Crippen LogP contribution in [0.2, 0.25) is 0 Å². The molecule has 0 radical (unpaired) electrons. The van der Waals surface area contributed by atoms with Gasteiger partial charge in [0.1, 0.15) is 5.60 Å². The third-order valence-corrected chi connectivity index (χ3v) is 2.39. The summed E-state index contributed by atoms with van der Waals surface area (Å²) in [6.07, 6.45) is 1.89. The van der Waals surface area contributed by atoms with Crippen LogP contribution in [0.3, 0.4) is 0 Å². The van der Waals surface area contributed by atoms with Crippen LogP contribution in [0.15, 0.2) is 25.3 Å². The van der Waals surface area contributed by atoms with E-state index < -0.39 is 30.4 Å². The maximum atomic E-state index is 12.1. The summed E-state index contributed by atoms with van der Waals surface area (Å²) >= 11 is 0. The molecule has 5 nitrogen and oxygen atoms in total. The van der Waals surface area contributed by atoms with Crippen LogP contribution in [0.25, 0.3) is 0 Å². The molecule has 0 spiro atoms. The first-order valence-corrected chi connectivity index (χ1v) is 6.27. The Kier molecular flexibility index (Phi) is 7.41. The standard InChI is InChI=1S/C14H25NO4/c1-6-8-11(12(17)10-16)15(9-7-2)13(18)19-14(3,4)5/h6-7,11-12,16-17H,1-2,8-10H2,3-5H3/t11-,12+/m0/s1. The van der Waals surface area contributed by atoms with E-state index in [4.69, 9.17) is 9.84 Å². The number of ether oxygens (including phenoxy) is 1. The lowest BCUT2D eigenvalue weighted by molar-refractivity contribution is -0.0143. The number of aliphatic hydroxyl groups excluding tert-OH is 2. The van der Waals surface area contributed by atoms with Gasteiger partial charge in [-0.05, 0) is 27.2 Å². The van der Waals surface area contributed by atoms with Crippen LogP contribution in [0.1, 0.15) is 27.2 Å². The number of hydrogen-bond donors (Lipinski definition) is 2. The van der Waals surface area contributed by atoms with Crippen molar-refractivity contribution in [3.63, 3.8) is 0 Å². The maximum absolute atomic E-state index is 12.1. The highest BCUT2D eigenvalue weighted by atomic mass is 16.6. The summed E-state index contributed by atoms with van der Waals surface area (Å²) in [7, 11) is 0. The Balaban J connectivity index is 5.06. The molecule has 0 aliphatic heterocycles. The van der Waals surface area contributed by atoms with E-state index >= 15 is 0 Å². The summed E-state index contributed by atoms with van der Waals surface area (Å²) in [5.41, 5.74) is -0.626. The van der Waals surface area contributed by atoms with Crippen molar-refractivity contribution in [2.45, 2.75) is 44.9 Å². The predicted molar refractivity (Wildman–Crippen MR) is 74.8 cm³/mol. The first kappa shape index (κ1) is 17.7. The lowest BCUT2D eigenvalue weighted by Crippen LogP contribution is -2.49. The molecule has 0 rings (SSSR count). The largest absolute Gasteiger partial charge is 0.444 e. The molecule has 19 heavy (non-hydrogen) atoms. The zero-order valence-corrected chi connectivity index (χ0v) is 12.0. The van der Waals surface area contributed by atoms with Gasteiger partial charge < -0.3 is 14.9 Å². The normalized spacial score (nSPS) is 14.4. The van der Waals surface area contributed by atoms with Gasteiger partial charge in [0.2, 0.25) is 0 Å². The second-order valence-corrected chi connectivity index (χ2v) is 5.26. The van der Waals surface area contributed by atoms with E-state index in [1.807, 2.05) is 0 Å². The molecule has 0 bridgehead atoms. The molecule has 5 heteroatoms. The molecular formula is C14H25NO4. The molecule has 0 heterocycles. The van der Waals surface area contributed by atoms with Gasteiger partial charge in [-0.25, -0.2) is 4.79 Å². The summed E-state index contributed by atoms with van der Waals surface area (Å²) in [6, 6.07) is -0.588. The lowest BCUT2D eigenvalue weighted by Gasteiger charge is -2.34. The Morgan fingerprint density at radius 2 is 1.95 bits per heavy atom. The molecule has 0 unspecified atom stereocenters. The molecule has 0 fully saturated rings. The lowest BCUT2D eigenvalue weighted by atomic mass is 10.1. The zero-order chi connectivity index (χ0) is 15.1. The smallest absolute Gasteiger partial charge is 0.410 e. The molecule has 2 N–H and O–H groups in total. The van der Waals surface area contributed by atoms with Gasteiger partial charge in [-0.15, -0.1) is 13.2 Å². The minimum absolute atomic E-state index is 0.227. The molecule has 0 saturated carbocycles. The van der Waals surface area contributed by atoms with Crippen molar-refractivity contribution in [1.82, 2.24) is 4.90 Å². The van der Waals surface area contributed by atoms with Crippen molar-refractivity contribution < 1.29 is 19.7 Å². The van der Waals surface area contributed by atoms with Crippen LogP contribution >= 0.6 is 0 Å². The predicted octanol–water partition coefficient (Wildman–Crippen LogP) is 1.71. The average molecular weight is 271 g/mol. The number of carbonyl (C=O) groups excluding carboxylic acids is 1. The molecule has 1 amide bonds. The molecular weight excluding hydrogens is 246 g/mol. The van der Waals surface area contributed by atoms with E-state index in [0.717, 1.165) is 0 Å². The third kappa shape index (κ3) is 6.40. The van der Waals surface area contributed by atoms with Crippen LogP contribution < -0.4 is 0 Å². The molecule has 0 aliphatic rings. The second kappa shape index (κ2) is 7.96.